The molecule has 2 heterocycles. The van der Waals surface area contributed by atoms with Crippen molar-refractivity contribution in [1.82, 2.24) is 9.58 Å². The fourth-order valence-corrected chi connectivity index (χ4v) is 3.23. The standard InChI is InChI=1S/C18H21N3O.C2H6/c1-11(2)21-13(4)16(14-8-6-7-9-17(14)21)10-15-12(3)19-20(5)18(15)22;1-2/h6-11H,1-5H3;1-2H3/b15-10-;. The molecule has 1 amide bonds. The van der Waals surface area contributed by atoms with Gasteiger partial charge in [0.15, 0.2) is 0 Å². The van der Waals surface area contributed by atoms with Crippen molar-refractivity contribution in [3.05, 3.63) is 41.1 Å². The Morgan fingerprint density at radius 2 is 1.75 bits per heavy atom. The molecule has 0 aliphatic carbocycles. The number of benzene rings is 1. The molecular weight excluding hydrogens is 298 g/mol. The average molecular weight is 325 g/mol. The van der Waals surface area contributed by atoms with Crippen LogP contribution in [0.2, 0.25) is 0 Å². The van der Waals surface area contributed by atoms with Crippen molar-refractivity contribution in [3.8, 4) is 0 Å². The van der Waals surface area contributed by atoms with Gasteiger partial charge < -0.3 is 4.57 Å². The maximum Gasteiger partial charge on any atom is 0.275 e. The minimum atomic E-state index is -0.0433. The highest BCUT2D eigenvalue weighted by molar-refractivity contribution is 6.27. The monoisotopic (exact) mass is 325 g/mol. The second kappa shape index (κ2) is 7.04. The third-order valence-corrected chi connectivity index (χ3v) is 4.22. The Kier molecular flexibility index (Phi) is 5.27. The third kappa shape index (κ3) is 2.88. The summed E-state index contributed by atoms with van der Waals surface area (Å²) in [5.41, 5.74) is 4.94. The number of nitrogens with zero attached hydrogens (tertiary/aromatic N) is 3. The zero-order valence-corrected chi connectivity index (χ0v) is 15.7. The second-order valence-corrected chi connectivity index (χ2v) is 6.05. The maximum atomic E-state index is 12.2. The Balaban J connectivity index is 0.00000100. The van der Waals surface area contributed by atoms with E-state index in [1.165, 1.54) is 21.6 Å². The van der Waals surface area contributed by atoms with Gasteiger partial charge in [-0.05, 0) is 39.8 Å². The fourth-order valence-electron chi connectivity index (χ4n) is 3.23. The molecule has 2 aromatic rings. The van der Waals surface area contributed by atoms with E-state index in [1.54, 1.807) is 7.05 Å². The molecule has 0 saturated carbocycles. The first-order valence-electron chi connectivity index (χ1n) is 8.56. The largest absolute Gasteiger partial charge is 0.342 e. The number of hydrogen-bond acceptors (Lipinski definition) is 2. The van der Waals surface area contributed by atoms with E-state index in [1.807, 2.05) is 32.9 Å². The number of carbonyl (C=O) groups excluding carboxylic acids is 1. The summed E-state index contributed by atoms with van der Waals surface area (Å²) in [6.45, 7) is 12.3. The molecule has 0 N–H and O–H groups in total. The van der Waals surface area contributed by atoms with E-state index in [2.05, 4.69) is 48.6 Å². The minimum Gasteiger partial charge on any atom is -0.342 e. The van der Waals surface area contributed by atoms with Crippen molar-refractivity contribution >= 4 is 28.6 Å². The number of rotatable bonds is 2. The summed E-state index contributed by atoms with van der Waals surface area (Å²) in [4.78, 5) is 12.2. The number of aromatic nitrogens is 1. The van der Waals surface area contributed by atoms with Crippen LogP contribution < -0.4 is 0 Å². The Morgan fingerprint density at radius 3 is 2.29 bits per heavy atom. The highest BCUT2D eigenvalue weighted by Gasteiger charge is 2.25. The molecule has 1 aromatic heterocycles. The van der Waals surface area contributed by atoms with Crippen molar-refractivity contribution in [2.24, 2.45) is 5.10 Å². The number of carbonyl (C=O) groups is 1. The van der Waals surface area contributed by atoms with Gasteiger partial charge in [-0.2, -0.15) is 5.10 Å². The van der Waals surface area contributed by atoms with Gasteiger partial charge in [0.1, 0.15) is 0 Å². The van der Waals surface area contributed by atoms with E-state index in [0.29, 0.717) is 11.6 Å². The Hall–Kier alpha value is -2.36. The lowest BCUT2D eigenvalue weighted by Crippen LogP contribution is -2.16. The van der Waals surface area contributed by atoms with E-state index in [-0.39, 0.29) is 5.91 Å². The van der Waals surface area contributed by atoms with Gasteiger partial charge in [0.25, 0.3) is 5.91 Å². The summed E-state index contributed by atoms with van der Waals surface area (Å²) >= 11 is 0. The highest BCUT2D eigenvalue weighted by Crippen LogP contribution is 2.31. The summed E-state index contributed by atoms with van der Waals surface area (Å²) in [6.07, 6.45) is 1.99. The Labute approximate surface area is 144 Å². The van der Waals surface area contributed by atoms with Crippen molar-refractivity contribution in [1.29, 1.82) is 0 Å². The SMILES string of the molecule is CC.CC1=NN(C)C(=O)/C1=C\c1c(C)n(C(C)C)c2ccccc12. The molecule has 0 radical (unpaired) electrons. The first kappa shape index (κ1) is 18.0. The van der Waals surface area contributed by atoms with Gasteiger partial charge in [0, 0.05) is 35.2 Å². The summed E-state index contributed by atoms with van der Waals surface area (Å²) in [7, 11) is 1.69. The molecular formula is C20H27N3O. The van der Waals surface area contributed by atoms with Gasteiger partial charge in [-0.3, -0.25) is 4.79 Å². The highest BCUT2D eigenvalue weighted by atomic mass is 16.2. The molecule has 128 valence electrons. The summed E-state index contributed by atoms with van der Waals surface area (Å²) in [5, 5.41) is 6.80. The molecule has 1 aromatic carbocycles. The van der Waals surface area contributed by atoms with Crippen LogP contribution >= 0.6 is 0 Å². The topological polar surface area (TPSA) is 37.6 Å². The first-order chi connectivity index (χ1) is 11.4. The number of hydrogen-bond donors (Lipinski definition) is 0. The second-order valence-electron chi connectivity index (χ2n) is 6.05. The number of likely N-dealkylation sites (N-methyl/N-ethyl adjacent to an activating group) is 1. The zero-order valence-electron chi connectivity index (χ0n) is 15.7. The molecule has 0 spiro atoms. The van der Waals surface area contributed by atoms with Crippen LogP contribution in [-0.2, 0) is 4.79 Å². The lowest BCUT2D eigenvalue weighted by atomic mass is 10.0. The molecule has 3 rings (SSSR count). The van der Waals surface area contributed by atoms with Crippen LogP contribution in [0.3, 0.4) is 0 Å². The van der Waals surface area contributed by atoms with Gasteiger partial charge in [0.2, 0.25) is 0 Å². The van der Waals surface area contributed by atoms with E-state index >= 15 is 0 Å². The van der Waals surface area contributed by atoms with Crippen LogP contribution in [-0.4, -0.2) is 28.2 Å². The van der Waals surface area contributed by atoms with Crippen molar-refractivity contribution in [2.45, 2.75) is 47.6 Å². The molecule has 0 atom stereocenters. The summed E-state index contributed by atoms with van der Waals surface area (Å²) < 4.78 is 2.32. The van der Waals surface area contributed by atoms with Gasteiger partial charge in [-0.15, -0.1) is 0 Å². The normalized spacial score (nSPS) is 16.0. The molecule has 4 heteroatoms. The minimum absolute atomic E-state index is 0.0433. The number of para-hydroxylation sites is 1. The third-order valence-electron chi connectivity index (χ3n) is 4.22. The van der Waals surface area contributed by atoms with Crippen molar-refractivity contribution < 1.29 is 4.79 Å². The number of fused-ring (bicyclic) bond motifs is 1. The van der Waals surface area contributed by atoms with Gasteiger partial charge in [0.05, 0.1) is 11.3 Å². The van der Waals surface area contributed by atoms with E-state index in [0.717, 1.165) is 11.3 Å². The van der Waals surface area contributed by atoms with Crippen LogP contribution in [0, 0.1) is 6.92 Å². The first-order valence-corrected chi connectivity index (χ1v) is 8.56. The quantitative estimate of drug-likeness (QED) is 0.732. The number of amides is 1. The maximum absolute atomic E-state index is 12.2. The van der Waals surface area contributed by atoms with Crippen LogP contribution in [0.4, 0.5) is 0 Å². The predicted molar refractivity (Wildman–Crippen MR) is 102 cm³/mol. The smallest absolute Gasteiger partial charge is 0.275 e. The lowest BCUT2D eigenvalue weighted by molar-refractivity contribution is -0.124. The summed E-state index contributed by atoms with van der Waals surface area (Å²) in [6, 6.07) is 8.71. The van der Waals surface area contributed by atoms with Crippen LogP contribution in [0.25, 0.3) is 17.0 Å². The molecule has 1 aliphatic heterocycles. The average Bonchev–Trinajstić information content (AvgIpc) is 2.97. The van der Waals surface area contributed by atoms with Crippen molar-refractivity contribution in [3.63, 3.8) is 0 Å². The van der Waals surface area contributed by atoms with E-state index in [9.17, 15) is 4.79 Å². The predicted octanol–water partition coefficient (Wildman–Crippen LogP) is 4.79. The molecule has 1 aliphatic rings. The summed E-state index contributed by atoms with van der Waals surface area (Å²) in [5.74, 6) is -0.0433. The molecule has 0 unspecified atom stereocenters. The molecule has 0 bridgehead atoms. The van der Waals surface area contributed by atoms with E-state index in [4.69, 9.17) is 0 Å². The van der Waals surface area contributed by atoms with Gasteiger partial charge in [-0.1, -0.05) is 32.0 Å². The fraction of sp³-hybridized carbons (Fsp3) is 0.400. The molecule has 0 fully saturated rings. The molecule has 24 heavy (non-hydrogen) atoms. The molecule has 0 saturated heterocycles. The van der Waals surface area contributed by atoms with Crippen LogP contribution in [0.15, 0.2) is 34.9 Å². The molecule has 4 nitrogen and oxygen atoms in total. The van der Waals surface area contributed by atoms with Crippen molar-refractivity contribution in [2.75, 3.05) is 7.05 Å². The number of hydrazone groups is 1. The Bertz CT molecular complexity index is 825. The van der Waals surface area contributed by atoms with Gasteiger partial charge in [-0.25, -0.2) is 5.01 Å². The Morgan fingerprint density at radius 1 is 1.12 bits per heavy atom. The van der Waals surface area contributed by atoms with Gasteiger partial charge >= 0.3 is 0 Å². The lowest BCUT2D eigenvalue weighted by Gasteiger charge is -2.12. The zero-order chi connectivity index (χ0) is 18.0. The van der Waals surface area contributed by atoms with E-state index < -0.39 is 0 Å². The van der Waals surface area contributed by atoms with Crippen LogP contribution in [0.1, 0.15) is 51.9 Å². The van der Waals surface area contributed by atoms with Crippen LogP contribution in [0.5, 0.6) is 0 Å².